The molecule has 0 bridgehead atoms. The summed E-state index contributed by atoms with van der Waals surface area (Å²) in [7, 11) is 0. The van der Waals surface area contributed by atoms with Crippen LogP contribution in [0.15, 0.2) is 11.4 Å². The van der Waals surface area contributed by atoms with Gasteiger partial charge in [0.25, 0.3) is 0 Å². The minimum atomic E-state index is -0.845. The predicted molar refractivity (Wildman–Crippen MR) is 57.8 cm³/mol. The summed E-state index contributed by atoms with van der Waals surface area (Å²) >= 11 is 7.52. The van der Waals surface area contributed by atoms with Crippen molar-refractivity contribution in [1.29, 1.82) is 0 Å². The lowest BCUT2D eigenvalue weighted by Gasteiger charge is -2.28. The predicted octanol–water partition coefficient (Wildman–Crippen LogP) is 2.65. The maximum absolute atomic E-state index is 10.4. The van der Waals surface area contributed by atoms with E-state index in [0.29, 0.717) is 11.6 Å². The second-order valence-electron chi connectivity index (χ2n) is 3.81. The Labute approximate surface area is 92.5 Å². The van der Waals surface area contributed by atoms with Crippen LogP contribution in [0, 0.1) is 5.92 Å². The summed E-state index contributed by atoms with van der Waals surface area (Å²) in [5.74, 6) is 0.165. The van der Waals surface area contributed by atoms with E-state index in [0.717, 1.165) is 17.9 Å². The topological polar surface area (TPSA) is 29.5 Å². The van der Waals surface area contributed by atoms with Gasteiger partial charge < -0.3 is 9.84 Å². The number of thiophene rings is 1. The molecule has 78 valence electrons. The van der Waals surface area contributed by atoms with Crippen molar-refractivity contribution < 1.29 is 9.84 Å². The minimum Gasteiger partial charge on any atom is -0.384 e. The van der Waals surface area contributed by atoms with Crippen molar-refractivity contribution in [3.8, 4) is 0 Å². The van der Waals surface area contributed by atoms with Crippen LogP contribution in [-0.2, 0) is 10.3 Å². The molecule has 2 unspecified atom stereocenters. The Morgan fingerprint density at radius 1 is 1.71 bits per heavy atom. The third-order valence-corrected chi connectivity index (χ3v) is 4.37. The molecule has 2 nitrogen and oxygen atoms in total. The number of hydrogen-bond acceptors (Lipinski definition) is 3. The van der Waals surface area contributed by atoms with E-state index < -0.39 is 5.60 Å². The molecule has 2 atom stereocenters. The molecular formula is C10H13ClO2S. The van der Waals surface area contributed by atoms with Gasteiger partial charge in [-0.1, -0.05) is 11.6 Å². The van der Waals surface area contributed by atoms with Gasteiger partial charge in [0.2, 0.25) is 0 Å². The molecule has 0 aromatic carbocycles. The van der Waals surface area contributed by atoms with Crippen molar-refractivity contribution >= 4 is 22.9 Å². The average molecular weight is 233 g/mol. The first-order chi connectivity index (χ1) is 6.62. The standard InChI is InChI=1S/C10H13ClO2S/c1-10(12,7-2-4-13-6-7)9-8(11)3-5-14-9/h3,5,7,12H,2,4,6H2,1H3. The lowest BCUT2D eigenvalue weighted by Crippen LogP contribution is -2.31. The van der Waals surface area contributed by atoms with Gasteiger partial charge in [0.15, 0.2) is 0 Å². The lowest BCUT2D eigenvalue weighted by molar-refractivity contribution is -0.00637. The van der Waals surface area contributed by atoms with E-state index in [9.17, 15) is 5.11 Å². The van der Waals surface area contributed by atoms with Gasteiger partial charge in [-0.3, -0.25) is 0 Å². The maximum Gasteiger partial charge on any atom is 0.103 e. The highest BCUT2D eigenvalue weighted by atomic mass is 35.5. The number of aliphatic hydroxyl groups is 1. The van der Waals surface area contributed by atoms with Gasteiger partial charge in [-0.05, 0) is 24.8 Å². The van der Waals surface area contributed by atoms with Crippen LogP contribution in [-0.4, -0.2) is 18.3 Å². The van der Waals surface area contributed by atoms with Gasteiger partial charge in [-0.25, -0.2) is 0 Å². The highest BCUT2D eigenvalue weighted by molar-refractivity contribution is 7.10. The van der Waals surface area contributed by atoms with Gasteiger partial charge >= 0.3 is 0 Å². The molecule has 1 saturated heterocycles. The number of halogens is 1. The van der Waals surface area contributed by atoms with Crippen LogP contribution >= 0.6 is 22.9 Å². The minimum absolute atomic E-state index is 0.165. The summed E-state index contributed by atoms with van der Waals surface area (Å²) in [5, 5.41) is 13.0. The maximum atomic E-state index is 10.4. The van der Waals surface area contributed by atoms with Gasteiger partial charge in [-0.15, -0.1) is 11.3 Å². The van der Waals surface area contributed by atoms with Crippen molar-refractivity contribution in [1.82, 2.24) is 0 Å². The van der Waals surface area contributed by atoms with Crippen molar-refractivity contribution in [2.24, 2.45) is 5.92 Å². The highest BCUT2D eigenvalue weighted by Crippen LogP contribution is 2.40. The summed E-state index contributed by atoms with van der Waals surface area (Å²) in [6.07, 6.45) is 0.904. The second kappa shape index (κ2) is 3.81. The smallest absolute Gasteiger partial charge is 0.103 e. The fourth-order valence-corrected chi connectivity index (χ4v) is 3.21. The normalized spacial score (nSPS) is 26.4. The van der Waals surface area contributed by atoms with Gasteiger partial charge in [-0.2, -0.15) is 0 Å². The number of rotatable bonds is 2. The van der Waals surface area contributed by atoms with Crippen LogP contribution in [0.4, 0.5) is 0 Å². The van der Waals surface area contributed by atoms with Crippen LogP contribution < -0.4 is 0 Å². The number of hydrogen-bond donors (Lipinski definition) is 1. The summed E-state index contributed by atoms with van der Waals surface area (Å²) in [4.78, 5) is 0.856. The van der Waals surface area contributed by atoms with E-state index in [1.807, 2.05) is 18.4 Å². The summed E-state index contributed by atoms with van der Waals surface area (Å²) in [6, 6.07) is 1.83. The Bertz CT molecular complexity index is 316. The molecular weight excluding hydrogens is 220 g/mol. The molecule has 0 aliphatic carbocycles. The molecule has 1 aromatic rings. The Kier molecular flexibility index (Phi) is 2.84. The molecule has 1 N–H and O–H groups in total. The van der Waals surface area contributed by atoms with Crippen LogP contribution in [0.5, 0.6) is 0 Å². The molecule has 1 aliphatic rings. The van der Waals surface area contributed by atoms with E-state index in [1.54, 1.807) is 0 Å². The van der Waals surface area contributed by atoms with Crippen LogP contribution in [0.2, 0.25) is 5.02 Å². The third kappa shape index (κ3) is 1.70. The molecule has 1 aliphatic heterocycles. The SMILES string of the molecule is CC(O)(c1sccc1Cl)C1CCOC1. The molecule has 0 saturated carbocycles. The van der Waals surface area contributed by atoms with Gasteiger partial charge in [0.05, 0.1) is 16.5 Å². The van der Waals surface area contributed by atoms with Crippen molar-refractivity contribution in [2.45, 2.75) is 18.9 Å². The van der Waals surface area contributed by atoms with E-state index >= 15 is 0 Å². The first-order valence-electron chi connectivity index (χ1n) is 4.66. The quantitative estimate of drug-likeness (QED) is 0.850. The van der Waals surface area contributed by atoms with Crippen molar-refractivity contribution in [3.63, 3.8) is 0 Å². The second-order valence-corrected chi connectivity index (χ2v) is 5.13. The summed E-state index contributed by atoms with van der Waals surface area (Å²) < 4.78 is 5.28. The Morgan fingerprint density at radius 2 is 2.50 bits per heavy atom. The summed E-state index contributed by atoms with van der Waals surface area (Å²) in [5.41, 5.74) is -0.845. The first-order valence-corrected chi connectivity index (χ1v) is 5.91. The van der Waals surface area contributed by atoms with Gasteiger partial charge in [0.1, 0.15) is 5.60 Å². The molecule has 0 radical (unpaired) electrons. The molecule has 2 rings (SSSR count). The summed E-state index contributed by atoms with van der Waals surface area (Å²) in [6.45, 7) is 3.19. The van der Waals surface area contributed by atoms with E-state index in [4.69, 9.17) is 16.3 Å². The zero-order valence-corrected chi connectivity index (χ0v) is 9.57. The highest BCUT2D eigenvalue weighted by Gasteiger charge is 2.38. The van der Waals surface area contributed by atoms with E-state index in [1.165, 1.54) is 11.3 Å². The molecule has 0 amide bonds. The van der Waals surface area contributed by atoms with Crippen LogP contribution in [0.25, 0.3) is 0 Å². The molecule has 2 heterocycles. The van der Waals surface area contributed by atoms with Crippen LogP contribution in [0.1, 0.15) is 18.2 Å². The Morgan fingerprint density at radius 3 is 3.00 bits per heavy atom. The van der Waals surface area contributed by atoms with Crippen molar-refractivity contribution in [2.75, 3.05) is 13.2 Å². The molecule has 0 spiro atoms. The van der Waals surface area contributed by atoms with E-state index in [-0.39, 0.29) is 5.92 Å². The zero-order valence-electron chi connectivity index (χ0n) is 8.00. The Hall–Kier alpha value is -0.0900. The third-order valence-electron chi connectivity index (χ3n) is 2.80. The fraction of sp³-hybridized carbons (Fsp3) is 0.600. The molecule has 4 heteroatoms. The molecule has 1 fully saturated rings. The first kappa shape index (κ1) is 10.4. The largest absolute Gasteiger partial charge is 0.384 e. The number of ether oxygens (including phenoxy) is 1. The van der Waals surface area contributed by atoms with Crippen LogP contribution in [0.3, 0.4) is 0 Å². The monoisotopic (exact) mass is 232 g/mol. The fourth-order valence-electron chi connectivity index (χ4n) is 1.82. The van der Waals surface area contributed by atoms with Gasteiger partial charge in [0, 0.05) is 12.5 Å². The lowest BCUT2D eigenvalue weighted by atomic mass is 9.87. The van der Waals surface area contributed by atoms with Crippen molar-refractivity contribution in [3.05, 3.63) is 21.3 Å². The zero-order chi connectivity index (χ0) is 10.2. The average Bonchev–Trinajstić information content (AvgIpc) is 2.72. The molecule has 1 aromatic heterocycles. The molecule has 14 heavy (non-hydrogen) atoms. The Balaban J connectivity index is 2.26. The van der Waals surface area contributed by atoms with E-state index in [2.05, 4.69) is 0 Å².